The normalized spacial score (nSPS) is 13.8. The van der Waals surface area contributed by atoms with Crippen LogP contribution >= 0.6 is 0 Å². The molecule has 160 valence electrons. The van der Waals surface area contributed by atoms with Gasteiger partial charge in [-0.3, -0.25) is 9.59 Å². The monoisotopic (exact) mass is 417 g/mol. The van der Waals surface area contributed by atoms with Gasteiger partial charge in [0.1, 0.15) is 6.26 Å². The number of oxazole rings is 1. The first-order valence-corrected chi connectivity index (χ1v) is 10.7. The second-order valence-electron chi connectivity index (χ2n) is 8.03. The third-order valence-electron chi connectivity index (χ3n) is 5.54. The maximum absolute atomic E-state index is 12.6. The molecule has 4 rings (SSSR count). The first-order chi connectivity index (χ1) is 15.1. The molecule has 6 heteroatoms. The van der Waals surface area contributed by atoms with Crippen molar-refractivity contribution in [2.75, 3.05) is 13.1 Å². The highest BCUT2D eigenvalue weighted by Crippen LogP contribution is 2.21. The third-order valence-corrected chi connectivity index (χ3v) is 5.54. The van der Waals surface area contributed by atoms with Gasteiger partial charge in [-0.15, -0.1) is 0 Å². The predicted octanol–water partition coefficient (Wildman–Crippen LogP) is 4.14. The van der Waals surface area contributed by atoms with Gasteiger partial charge < -0.3 is 14.6 Å². The van der Waals surface area contributed by atoms with E-state index in [1.807, 2.05) is 60.4 Å². The molecule has 1 aliphatic rings. The lowest BCUT2D eigenvalue weighted by Gasteiger charge is -2.25. The number of aryl methyl sites for hydroxylation is 1. The molecule has 0 atom stereocenters. The highest BCUT2D eigenvalue weighted by molar-refractivity contribution is 5.92. The molecule has 1 fully saturated rings. The highest BCUT2D eigenvalue weighted by Gasteiger charge is 2.21. The van der Waals surface area contributed by atoms with E-state index in [2.05, 4.69) is 10.3 Å². The SMILES string of the molecule is Cc1ccc(CC(=O)NCc2ccc(-c3nc(C(=O)N4CCCCC4)co3)cc2)cc1. The Hall–Kier alpha value is -3.41. The van der Waals surface area contributed by atoms with E-state index >= 15 is 0 Å². The summed E-state index contributed by atoms with van der Waals surface area (Å²) in [5.41, 5.74) is 4.31. The number of piperidine rings is 1. The van der Waals surface area contributed by atoms with Gasteiger partial charge in [-0.1, -0.05) is 42.0 Å². The lowest BCUT2D eigenvalue weighted by molar-refractivity contribution is -0.120. The fourth-order valence-corrected chi connectivity index (χ4v) is 3.68. The van der Waals surface area contributed by atoms with Crippen molar-refractivity contribution < 1.29 is 14.0 Å². The number of carbonyl (C=O) groups is 2. The lowest BCUT2D eigenvalue weighted by Crippen LogP contribution is -2.35. The van der Waals surface area contributed by atoms with Crippen molar-refractivity contribution in [2.24, 2.45) is 0 Å². The van der Waals surface area contributed by atoms with E-state index in [4.69, 9.17) is 4.42 Å². The van der Waals surface area contributed by atoms with Crippen molar-refractivity contribution >= 4 is 11.8 Å². The number of carbonyl (C=O) groups excluding carboxylic acids is 2. The van der Waals surface area contributed by atoms with Gasteiger partial charge in [-0.2, -0.15) is 0 Å². The Morgan fingerprint density at radius 2 is 1.65 bits per heavy atom. The van der Waals surface area contributed by atoms with Gasteiger partial charge in [-0.25, -0.2) is 4.98 Å². The van der Waals surface area contributed by atoms with E-state index in [0.29, 0.717) is 24.6 Å². The van der Waals surface area contributed by atoms with Crippen LogP contribution in [0.25, 0.3) is 11.5 Å². The van der Waals surface area contributed by atoms with Crippen LogP contribution in [0.2, 0.25) is 0 Å². The Labute approximate surface area is 182 Å². The minimum absolute atomic E-state index is 0.0125. The minimum Gasteiger partial charge on any atom is -0.444 e. The Balaban J connectivity index is 1.32. The number of rotatable bonds is 6. The number of benzene rings is 2. The summed E-state index contributed by atoms with van der Waals surface area (Å²) in [5, 5.41) is 2.95. The second kappa shape index (κ2) is 9.60. The van der Waals surface area contributed by atoms with Gasteiger partial charge in [0, 0.05) is 25.2 Å². The number of nitrogens with one attached hydrogen (secondary N) is 1. The van der Waals surface area contributed by atoms with Gasteiger partial charge in [0.05, 0.1) is 6.42 Å². The van der Waals surface area contributed by atoms with Crippen molar-refractivity contribution in [1.82, 2.24) is 15.2 Å². The van der Waals surface area contributed by atoms with Crippen molar-refractivity contribution in [1.29, 1.82) is 0 Å². The third kappa shape index (κ3) is 5.40. The van der Waals surface area contributed by atoms with E-state index < -0.39 is 0 Å². The number of hydrogen-bond donors (Lipinski definition) is 1. The predicted molar refractivity (Wildman–Crippen MR) is 118 cm³/mol. The molecule has 0 radical (unpaired) electrons. The van der Waals surface area contributed by atoms with Crippen LogP contribution in [0.15, 0.2) is 59.2 Å². The topological polar surface area (TPSA) is 75.4 Å². The molecule has 1 N–H and O–H groups in total. The summed E-state index contributed by atoms with van der Waals surface area (Å²) >= 11 is 0. The average molecular weight is 418 g/mol. The molecule has 0 saturated carbocycles. The molecular weight excluding hydrogens is 390 g/mol. The molecule has 3 aromatic rings. The molecule has 1 aromatic heterocycles. The fourth-order valence-electron chi connectivity index (χ4n) is 3.68. The summed E-state index contributed by atoms with van der Waals surface area (Å²) in [7, 11) is 0. The van der Waals surface area contributed by atoms with Crippen LogP contribution in [-0.2, 0) is 17.8 Å². The largest absolute Gasteiger partial charge is 0.444 e. The van der Waals surface area contributed by atoms with Crippen molar-refractivity contribution in [2.45, 2.75) is 39.2 Å². The summed E-state index contributed by atoms with van der Waals surface area (Å²) in [4.78, 5) is 31.0. The van der Waals surface area contributed by atoms with Crippen LogP contribution in [0.3, 0.4) is 0 Å². The molecule has 1 aliphatic heterocycles. The zero-order valence-electron chi connectivity index (χ0n) is 17.8. The van der Waals surface area contributed by atoms with Crippen LogP contribution < -0.4 is 5.32 Å². The fraction of sp³-hybridized carbons (Fsp3) is 0.320. The molecule has 1 saturated heterocycles. The Kier molecular flexibility index (Phi) is 6.46. The standard InChI is InChI=1S/C25H27N3O3/c1-18-5-7-19(8-6-18)15-23(29)26-16-20-9-11-21(12-10-20)24-27-22(17-31-24)25(30)28-13-3-2-4-14-28/h5-12,17H,2-4,13-16H2,1H3,(H,26,29). The lowest BCUT2D eigenvalue weighted by atomic mass is 10.1. The number of hydrogen-bond acceptors (Lipinski definition) is 4. The summed E-state index contributed by atoms with van der Waals surface area (Å²) in [6, 6.07) is 15.6. The quantitative estimate of drug-likeness (QED) is 0.654. The zero-order chi connectivity index (χ0) is 21.6. The average Bonchev–Trinajstić information content (AvgIpc) is 3.30. The van der Waals surface area contributed by atoms with Gasteiger partial charge in [0.15, 0.2) is 5.69 Å². The molecular formula is C25H27N3O3. The first kappa shape index (κ1) is 20.8. The van der Waals surface area contributed by atoms with E-state index in [9.17, 15) is 9.59 Å². The van der Waals surface area contributed by atoms with Crippen molar-refractivity contribution in [3.8, 4) is 11.5 Å². The molecule has 2 amide bonds. The van der Waals surface area contributed by atoms with Crippen LogP contribution in [0.4, 0.5) is 0 Å². The maximum atomic E-state index is 12.6. The molecule has 2 aromatic carbocycles. The van der Waals surface area contributed by atoms with Crippen LogP contribution in [0.1, 0.15) is 46.4 Å². The number of nitrogens with zero attached hydrogens (tertiary/aromatic N) is 2. The smallest absolute Gasteiger partial charge is 0.275 e. The minimum atomic E-state index is -0.0670. The van der Waals surface area contributed by atoms with Crippen LogP contribution in [0, 0.1) is 6.92 Å². The van der Waals surface area contributed by atoms with Gasteiger partial charge >= 0.3 is 0 Å². The van der Waals surface area contributed by atoms with Crippen molar-refractivity contribution in [3.05, 3.63) is 77.2 Å². The summed E-state index contributed by atoms with van der Waals surface area (Å²) in [6.45, 7) is 4.05. The molecule has 0 bridgehead atoms. The summed E-state index contributed by atoms with van der Waals surface area (Å²) in [6.07, 6.45) is 5.06. The summed E-state index contributed by atoms with van der Waals surface area (Å²) < 4.78 is 5.55. The van der Waals surface area contributed by atoms with Gasteiger partial charge in [-0.05, 0) is 49.4 Å². The summed E-state index contributed by atoms with van der Waals surface area (Å²) in [5.74, 6) is 0.347. The van der Waals surface area contributed by atoms with E-state index in [-0.39, 0.29) is 11.8 Å². The molecule has 31 heavy (non-hydrogen) atoms. The molecule has 0 spiro atoms. The highest BCUT2D eigenvalue weighted by atomic mass is 16.3. The van der Waals surface area contributed by atoms with E-state index in [0.717, 1.165) is 42.6 Å². The number of amides is 2. The van der Waals surface area contributed by atoms with Crippen LogP contribution in [-0.4, -0.2) is 34.8 Å². The Morgan fingerprint density at radius 3 is 2.35 bits per heavy atom. The zero-order valence-corrected chi connectivity index (χ0v) is 17.8. The number of likely N-dealkylation sites (tertiary alicyclic amines) is 1. The molecule has 2 heterocycles. The maximum Gasteiger partial charge on any atom is 0.275 e. The van der Waals surface area contributed by atoms with Crippen LogP contribution in [0.5, 0.6) is 0 Å². The van der Waals surface area contributed by atoms with Gasteiger partial charge in [0.25, 0.3) is 5.91 Å². The molecule has 0 aliphatic carbocycles. The van der Waals surface area contributed by atoms with Gasteiger partial charge in [0.2, 0.25) is 11.8 Å². The molecule has 6 nitrogen and oxygen atoms in total. The second-order valence-corrected chi connectivity index (χ2v) is 8.03. The van der Waals surface area contributed by atoms with E-state index in [1.54, 1.807) is 0 Å². The van der Waals surface area contributed by atoms with Crippen molar-refractivity contribution in [3.63, 3.8) is 0 Å². The Bertz CT molecular complexity index is 1030. The van der Waals surface area contributed by atoms with E-state index in [1.165, 1.54) is 18.2 Å². The first-order valence-electron chi connectivity index (χ1n) is 10.7. The Morgan fingerprint density at radius 1 is 0.968 bits per heavy atom. The molecule has 0 unspecified atom stereocenters. The number of aromatic nitrogens is 1.